The van der Waals surface area contributed by atoms with Crippen LogP contribution >= 0.6 is 0 Å². The molecule has 6 unspecified atom stereocenters. The first-order chi connectivity index (χ1) is 27.6. The summed E-state index contributed by atoms with van der Waals surface area (Å²) in [5.74, 6) is -5.62. The number of methoxy groups -OCH3 is 1. The van der Waals surface area contributed by atoms with E-state index in [2.05, 4.69) is 5.43 Å². The average molecular weight is 758 g/mol. The van der Waals surface area contributed by atoms with Crippen LogP contribution in [0.4, 0.5) is 11.4 Å². The second-order valence-corrected chi connectivity index (χ2v) is 15.3. The summed E-state index contributed by atoms with van der Waals surface area (Å²) in [6, 6.07) is 36.8. The summed E-state index contributed by atoms with van der Waals surface area (Å²) < 4.78 is 5.43. The van der Waals surface area contributed by atoms with Gasteiger partial charge in [0.25, 0.3) is 11.8 Å². The van der Waals surface area contributed by atoms with Crippen molar-refractivity contribution in [1.82, 2.24) is 5.01 Å². The van der Waals surface area contributed by atoms with Gasteiger partial charge in [0.2, 0.25) is 11.8 Å². The molecule has 0 radical (unpaired) electrons. The first kappa shape index (κ1) is 35.9. The number of anilines is 2. The lowest BCUT2D eigenvalue weighted by Crippen LogP contribution is -2.53. The van der Waals surface area contributed by atoms with Crippen LogP contribution in [-0.2, 0) is 24.6 Å². The third kappa shape index (κ3) is 5.50. The van der Waals surface area contributed by atoms with Gasteiger partial charge in [0.05, 0.1) is 41.7 Å². The minimum atomic E-state index is -1.52. The predicted octanol–water partition coefficient (Wildman–Crippen LogP) is 7.13. The number of carbonyl (C=O) groups excluding carboxylic acids is 5. The number of allylic oxidation sites excluding steroid dienone is 2. The van der Waals surface area contributed by atoms with Gasteiger partial charge < -0.3 is 9.84 Å². The molecule has 0 aromatic heterocycles. The van der Waals surface area contributed by atoms with Crippen LogP contribution in [0.25, 0.3) is 0 Å². The summed E-state index contributed by atoms with van der Waals surface area (Å²) in [6.07, 6.45) is 2.28. The molecule has 0 bridgehead atoms. The number of amides is 4. The Hall–Kier alpha value is -6.81. The highest BCUT2D eigenvalue weighted by Gasteiger charge is 2.70. The van der Waals surface area contributed by atoms with Gasteiger partial charge >= 0.3 is 0 Å². The van der Waals surface area contributed by atoms with Gasteiger partial charge in [-0.25, -0.2) is 0 Å². The number of benzene rings is 5. The second kappa shape index (κ2) is 13.7. The second-order valence-electron chi connectivity index (χ2n) is 15.3. The molecule has 284 valence electrons. The standard InChI is InChI=1S/C47H39N3O7/c1-27-13-17-31(18-14-27)48-50-44(54)38-26-37-34(41(35-22-21-33(57-2)25-39(35)51)47(38,46(50)56)30-11-7-4-8-12-30)23-24-36-40(37)45(55)49(43(36)53)32-19-15-29(16-20-32)42(52)28-9-5-3-6-10-28/h3-23,25,36-38,40-41,48,51H,24,26H2,1-2H3. The van der Waals surface area contributed by atoms with Crippen molar-refractivity contribution >= 4 is 40.8 Å². The topological polar surface area (TPSA) is 133 Å². The maximum atomic E-state index is 15.3. The van der Waals surface area contributed by atoms with E-state index in [1.54, 1.807) is 72.8 Å². The van der Waals surface area contributed by atoms with Crippen molar-refractivity contribution in [3.8, 4) is 11.5 Å². The number of aryl methyl sites for hydroxylation is 1. The van der Waals surface area contributed by atoms with Crippen molar-refractivity contribution in [3.63, 3.8) is 0 Å². The number of hydrogen-bond acceptors (Lipinski definition) is 8. The third-order valence-electron chi connectivity index (χ3n) is 12.4. The van der Waals surface area contributed by atoms with Gasteiger partial charge in [-0.3, -0.25) is 34.3 Å². The molecule has 10 nitrogen and oxygen atoms in total. The number of phenolic OH excluding ortho intramolecular Hbond substituents is 1. The largest absolute Gasteiger partial charge is 0.508 e. The number of hydrazine groups is 1. The molecule has 2 heterocycles. The molecule has 4 amide bonds. The van der Waals surface area contributed by atoms with Gasteiger partial charge in [0.1, 0.15) is 11.5 Å². The van der Waals surface area contributed by atoms with Gasteiger partial charge in [-0.05, 0) is 73.7 Å². The Morgan fingerprint density at radius 3 is 2.11 bits per heavy atom. The first-order valence-corrected chi connectivity index (χ1v) is 19.0. The molecular formula is C47H39N3O7. The Labute approximate surface area is 329 Å². The Bertz CT molecular complexity index is 2480. The fourth-order valence-electron chi connectivity index (χ4n) is 9.76. The van der Waals surface area contributed by atoms with Crippen LogP contribution in [0.2, 0.25) is 0 Å². The van der Waals surface area contributed by atoms with Crippen molar-refractivity contribution < 1.29 is 33.8 Å². The fraction of sp³-hybridized carbons (Fsp3) is 0.213. The van der Waals surface area contributed by atoms with Crippen LogP contribution in [-0.4, -0.2) is 46.6 Å². The number of imide groups is 2. The van der Waals surface area contributed by atoms with Gasteiger partial charge in [0.15, 0.2) is 5.78 Å². The van der Waals surface area contributed by atoms with Crippen LogP contribution in [0.15, 0.2) is 139 Å². The summed E-state index contributed by atoms with van der Waals surface area (Å²) in [6.45, 7) is 1.95. The summed E-state index contributed by atoms with van der Waals surface area (Å²) in [5.41, 5.74) is 6.16. The highest BCUT2D eigenvalue weighted by Crippen LogP contribution is 2.65. The molecule has 0 spiro atoms. The molecule has 4 aliphatic rings. The Kier molecular flexibility index (Phi) is 8.64. The van der Waals surface area contributed by atoms with E-state index in [1.165, 1.54) is 18.1 Å². The maximum Gasteiger partial charge on any atom is 0.260 e. The van der Waals surface area contributed by atoms with E-state index in [0.717, 1.165) is 16.1 Å². The predicted molar refractivity (Wildman–Crippen MR) is 212 cm³/mol. The Morgan fingerprint density at radius 1 is 0.772 bits per heavy atom. The number of aromatic hydroxyl groups is 1. The Balaban J connectivity index is 1.15. The number of ketones is 1. The zero-order chi connectivity index (χ0) is 39.6. The SMILES string of the molecule is COc1ccc(C2C3=CCC4C(=O)N(c5ccc(C(=O)c6ccccc6)cc5)C(=O)C4C3CC3C(=O)N(Nc4ccc(C)cc4)C(=O)C32c2ccccc2)c(O)c1. The van der Waals surface area contributed by atoms with Crippen LogP contribution < -0.4 is 15.1 Å². The van der Waals surface area contributed by atoms with Crippen molar-refractivity contribution in [2.75, 3.05) is 17.4 Å². The van der Waals surface area contributed by atoms with E-state index in [-0.39, 0.29) is 30.3 Å². The molecular weight excluding hydrogens is 719 g/mol. The third-order valence-corrected chi connectivity index (χ3v) is 12.4. The van der Waals surface area contributed by atoms with Gasteiger partial charge in [-0.1, -0.05) is 96.1 Å². The smallest absolute Gasteiger partial charge is 0.260 e. The lowest BCUT2D eigenvalue weighted by Gasteiger charge is -2.50. The molecule has 5 aromatic carbocycles. The highest BCUT2D eigenvalue weighted by atomic mass is 16.5. The number of hydrogen-bond donors (Lipinski definition) is 2. The summed E-state index contributed by atoms with van der Waals surface area (Å²) >= 11 is 0. The molecule has 6 atom stereocenters. The summed E-state index contributed by atoms with van der Waals surface area (Å²) in [5, 5.41) is 12.8. The van der Waals surface area contributed by atoms with Crippen molar-refractivity contribution in [2.24, 2.45) is 23.7 Å². The van der Waals surface area contributed by atoms with E-state index in [0.29, 0.717) is 39.4 Å². The minimum Gasteiger partial charge on any atom is -0.508 e. The molecule has 10 heteroatoms. The average Bonchev–Trinajstić information content (AvgIpc) is 3.62. The molecule has 5 aromatic rings. The number of fused-ring (bicyclic) bond motifs is 4. The number of phenols is 1. The van der Waals surface area contributed by atoms with Crippen LogP contribution in [0, 0.1) is 30.6 Å². The highest BCUT2D eigenvalue weighted by molar-refractivity contribution is 6.23. The zero-order valence-electron chi connectivity index (χ0n) is 31.3. The first-order valence-electron chi connectivity index (χ1n) is 19.0. The number of nitrogens with zero attached hydrogens (tertiary/aromatic N) is 2. The molecule has 1 saturated carbocycles. The van der Waals surface area contributed by atoms with Gasteiger partial charge in [-0.2, -0.15) is 5.01 Å². The van der Waals surface area contributed by atoms with E-state index >= 15 is 4.79 Å². The Morgan fingerprint density at radius 2 is 1.44 bits per heavy atom. The number of ether oxygens (including phenoxy) is 1. The summed E-state index contributed by atoms with van der Waals surface area (Å²) in [4.78, 5) is 73.6. The van der Waals surface area contributed by atoms with Crippen LogP contribution in [0.1, 0.15) is 51.4 Å². The monoisotopic (exact) mass is 757 g/mol. The van der Waals surface area contributed by atoms with Crippen molar-refractivity contribution in [3.05, 3.63) is 167 Å². The normalized spacial score (nSPS) is 25.1. The molecule has 2 aliphatic heterocycles. The summed E-state index contributed by atoms with van der Waals surface area (Å²) in [7, 11) is 1.49. The van der Waals surface area contributed by atoms with Gasteiger partial charge in [0, 0.05) is 28.7 Å². The fourth-order valence-corrected chi connectivity index (χ4v) is 9.76. The molecule has 57 heavy (non-hydrogen) atoms. The van der Waals surface area contributed by atoms with Gasteiger partial charge in [-0.15, -0.1) is 0 Å². The molecule has 2 aliphatic carbocycles. The van der Waals surface area contributed by atoms with Crippen molar-refractivity contribution in [2.45, 2.75) is 31.1 Å². The van der Waals surface area contributed by atoms with Crippen molar-refractivity contribution in [1.29, 1.82) is 0 Å². The lowest BCUT2D eigenvalue weighted by atomic mass is 9.49. The number of nitrogens with one attached hydrogen (secondary N) is 1. The quantitative estimate of drug-likeness (QED) is 0.0971. The lowest BCUT2D eigenvalue weighted by molar-refractivity contribution is -0.138. The maximum absolute atomic E-state index is 15.3. The molecule has 2 N–H and O–H groups in total. The van der Waals surface area contributed by atoms with Crippen LogP contribution in [0.5, 0.6) is 11.5 Å². The van der Waals surface area contributed by atoms with Crippen LogP contribution in [0.3, 0.4) is 0 Å². The zero-order valence-corrected chi connectivity index (χ0v) is 31.3. The van der Waals surface area contributed by atoms with E-state index in [9.17, 15) is 24.3 Å². The molecule has 3 fully saturated rings. The van der Waals surface area contributed by atoms with E-state index in [1.807, 2.05) is 61.5 Å². The van der Waals surface area contributed by atoms with E-state index < -0.39 is 52.7 Å². The molecule has 9 rings (SSSR count). The van der Waals surface area contributed by atoms with E-state index in [4.69, 9.17) is 4.74 Å². The number of rotatable bonds is 8. The number of carbonyl (C=O) groups is 5. The minimum absolute atomic E-state index is 0.114. The molecule has 2 saturated heterocycles.